The molecule has 1 N–H and O–H groups in total. The second kappa shape index (κ2) is 4.75. The Bertz CT molecular complexity index is 684. The maximum absolute atomic E-state index is 12.0. The molecular formula is C9H7Cl2N3O3S. The predicted octanol–water partition coefficient (Wildman–Crippen LogP) is 2.49. The highest BCUT2D eigenvalue weighted by molar-refractivity contribution is 7.92. The third kappa shape index (κ3) is 2.43. The number of aryl methyl sites for hydroxylation is 1. The molecule has 0 aliphatic heterocycles. The van der Waals surface area contributed by atoms with Crippen LogP contribution in [0.3, 0.4) is 0 Å². The van der Waals surface area contributed by atoms with Crippen LogP contribution in [0.2, 0.25) is 10.2 Å². The lowest BCUT2D eigenvalue weighted by molar-refractivity contribution is 0.400. The Hall–Kier alpha value is -1.31. The quantitative estimate of drug-likeness (QED) is 0.880. The molecule has 0 aliphatic carbocycles. The largest absolute Gasteiger partial charge is 0.358 e. The van der Waals surface area contributed by atoms with Crippen molar-refractivity contribution in [3.63, 3.8) is 0 Å². The number of pyridine rings is 1. The molecule has 2 aromatic rings. The lowest BCUT2D eigenvalue weighted by atomic mass is 10.5. The Labute approximate surface area is 113 Å². The number of anilines is 1. The maximum atomic E-state index is 12.0. The van der Waals surface area contributed by atoms with Crippen molar-refractivity contribution in [2.45, 2.75) is 11.8 Å². The second-order valence-corrected chi connectivity index (χ2v) is 5.69. The summed E-state index contributed by atoms with van der Waals surface area (Å²) in [6, 6.07) is 2.77. The average Bonchev–Trinajstić information content (AvgIpc) is 2.61. The molecule has 0 saturated carbocycles. The van der Waals surface area contributed by atoms with E-state index in [1.54, 1.807) is 6.92 Å². The van der Waals surface area contributed by atoms with E-state index in [4.69, 9.17) is 27.7 Å². The van der Waals surface area contributed by atoms with Crippen molar-refractivity contribution in [2.75, 3.05) is 4.72 Å². The molecule has 0 bridgehead atoms. The van der Waals surface area contributed by atoms with Crippen LogP contribution >= 0.6 is 23.2 Å². The zero-order chi connectivity index (χ0) is 13.3. The van der Waals surface area contributed by atoms with Crippen LogP contribution in [0.1, 0.15) is 5.76 Å². The molecule has 0 unspecified atom stereocenters. The molecule has 0 aromatic carbocycles. The number of nitrogens with one attached hydrogen (secondary N) is 1. The van der Waals surface area contributed by atoms with E-state index in [1.165, 1.54) is 18.3 Å². The summed E-state index contributed by atoms with van der Waals surface area (Å²) in [6.07, 6.45) is 1.38. The number of hydrogen-bond acceptors (Lipinski definition) is 5. The summed E-state index contributed by atoms with van der Waals surface area (Å²) in [6.45, 7) is 1.56. The van der Waals surface area contributed by atoms with Gasteiger partial charge in [-0.25, -0.2) is 13.4 Å². The van der Waals surface area contributed by atoms with Crippen LogP contribution < -0.4 is 4.72 Å². The monoisotopic (exact) mass is 307 g/mol. The van der Waals surface area contributed by atoms with E-state index in [9.17, 15) is 8.42 Å². The van der Waals surface area contributed by atoms with Crippen LogP contribution in [-0.2, 0) is 10.0 Å². The van der Waals surface area contributed by atoms with Crippen molar-refractivity contribution in [1.29, 1.82) is 0 Å². The Morgan fingerprint density at radius 3 is 2.67 bits per heavy atom. The SMILES string of the molecule is Cc1onc(NS(=O)(=O)c2cccnc2Cl)c1Cl. The second-order valence-electron chi connectivity index (χ2n) is 3.30. The van der Waals surface area contributed by atoms with Gasteiger partial charge in [-0.15, -0.1) is 0 Å². The number of nitrogens with zero attached hydrogens (tertiary/aromatic N) is 2. The summed E-state index contributed by atoms with van der Waals surface area (Å²) in [5.41, 5.74) is 0. The highest BCUT2D eigenvalue weighted by Crippen LogP contribution is 2.27. The Morgan fingerprint density at radius 2 is 2.11 bits per heavy atom. The van der Waals surface area contributed by atoms with Crippen molar-refractivity contribution in [3.05, 3.63) is 34.3 Å². The van der Waals surface area contributed by atoms with Crippen LogP contribution in [-0.4, -0.2) is 18.6 Å². The summed E-state index contributed by atoms with van der Waals surface area (Å²) in [5, 5.41) is 3.45. The van der Waals surface area contributed by atoms with E-state index >= 15 is 0 Å². The van der Waals surface area contributed by atoms with Crippen molar-refractivity contribution in [3.8, 4) is 0 Å². The van der Waals surface area contributed by atoms with Gasteiger partial charge in [-0.1, -0.05) is 28.4 Å². The third-order valence-electron chi connectivity index (χ3n) is 2.04. The topological polar surface area (TPSA) is 85.1 Å². The molecule has 0 saturated heterocycles. The van der Waals surface area contributed by atoms with Gasteiger partial charge in [0, 0.05) is 6.20 Å². The maximum Gasteiger partial charge on any atom is 0.266 e. The van der Waals surface area contributed by atoms with E-state index in [0.717, 1.165) is 0 Å². The van der Waals surface area contributed by atoms with Crippen LogP contribution in [0.25, 0.3) is 0 Å². The molecule has 0 aliphatic rings. The normalized spacial score (nSPS) is 11.5. The lowest BCUT2D eigenvalue weighted by Crippen LogP contribution is -2.14. The average molecular weight is 308 g/mol. The molecule has 0 amide bonds. The Balaban J connectivity index is 2.40. The fourth-order valence-electron chi connectivity index (χ4n) is 1.18. The minimum atomic E-state index is -3.90. The van der Waals surface area contributed by atoms with Gasteiger partial charge in [0.1, 0.15) is 15.1 Å². The predicted molar refractivity (Wildman–Crippen MR) is 66.3 cm³/mol. The van der Waals surface area contributed by atoms with Gasteiger partial charge in [0.05, 0.1) is 0 Å². The lowest BCUT2D eigenvalue weighted by Gasteiger charge is -2.05. The van der Waals surface area contributed by atoms with E-state index < -0.39 is 10.0 Å². The van der Waals surface area contributed by atoms with Gasteiger partial charge in [0.25, 0.3) is 10.0 Å². The molecule has 18 heavy (non-hydrogen) atoms. The van der Waals surface area contributed by atoms with Gasteiger partial charge in [-0.05, 0) is 19.1 Å². The first kappa shape index (κ1) is 13.1. The number of sulfonamides is 1. The molecule has 2 heterocycles. The molecule has 6 nitrogen and oxygen atoms in total. The van der Waals surface area contributed by atoms with Gasteiger partial charge < -0.3 is 4.52 Å². The molecule has 0 spiro atoms. The Kier molecular flexibility index (Phi) is 3.47. The van der Waals surface area contributed by atoms with E-state index in [1.807, 2.05) is 0 Å². The van der Waals surface area contributed by atoms with Gasteiger partial charge in [0.15, 0.2) is 5.76 Å². The summed E-state index contributed by atoms with van der Waals surface area (Å²) in [5.74, 6) is 0.223. The van der Waals surface area contributed by atoms with Crippen molar-refractivity contribution in [2.24, 2.45) is 0 Å². The minimum absolute atomic E-state index is 0.0888. The molecule has 9 heteroatoms. The Morgan fingerprint density at radius 1 is 1.39 bits per heavy atom. The summed E-state index contributed by atoms with van der Waals surface area (Å²) < 4.78 is 30.9. The van der Waals surface area contributed by atoms with Crippen LogP contribution in [0, 0.1) is 6.92 Å². The van der Waals surface area contributed by atoms with Gasteiger partial charge >= 0.3 is 0 Å². The van der Waals surface area contributed by atoms with Crippen LogP contribution in [0.15, 0.2) is 27.7 Å². The first-order chi connectivity index (χ1) is 8.42. The smallest absolute Gasteiger partial charge is 0.266 e. The molecule has 2 rings (SSSR count). The van der Waals surface area contributed by atoms with Crippen molar-refractivity contribution in [1.82, 2.24) is 10.1 Å². The fraction of sp³-hybridized carbons (Fsp3) is 0.111. The third-order valence-corrected chi connectivity index (χ3v) is 4.27. The van der Waals surface area contributed by atoms with E-state index in [0.29, 0.717) is 5.76 Å². The molecule has 96 valence electrons. The zero-order valence-electron chi connectivity index (χ0n) is 9.02. The van der Waals surface area contributed by atoms with E-state index in [2.05, 4.69) is 14.9 Å². The number of hydrogen-bond donors (Lipinski definition) is 1. The minimum Gasteiger partial charge on any atom is -0.358 e. The summed E-state index contributed by atoms with van der Waals surface area (Å²) in [4.78, 5) is 3.52. The first-order valence-corrected chi connectivity index (χ1v) is 6.91. The summed E-state index contributed by atoms with van der Waals surface area (Å²) >= 11 is 11.5. The van der Waals surface area contributed by atoms with E-state index in [-0.39, 0.29) is 20.9 Å². The molecule has 0 atom stereocenters. The van der Waals surface area contributed by atoms with Crippen molar-refractivity contribution < 1.29 is 12.9 Å². The van der Waals surface area contributed by atoms with Crippen molar-refractivity contribution >= 4 is 39.0 Å². The number of rotatable bonds is 3. The van der Waals surface area contributed by atoms with Gasteiger partial charge in [-0.2, -0.15) is 0 Å². The van der Waals surface area contributed by atoms with Gasteiger partial charge in [-0.3, -0.25) is 4.72 Å². The first-order valence-electron chi connectivity index (χ1n) is 4.67. The number of halogens is 2. The highest BCUT2D eigenvalue weighted by atomic mass is 35.5. The summed E-state index contributed by atoms with van der Waals surface area (Å²) in [7, 11) is -3.90. The van der Waals surface area contributed by atoms with Crippen LogP contribution in [0.4, 0.5) is 5.82 Å². The standard InChI is InChI=1S/C9H7Cl2N3O3S/c1-5-7(10)9(13-17-5)14-18(15,16)6-3-2-4-12-8(6)11/h2-4H,1H3,(H,13,14). The molecular weight excluding hydrogens is 301 g/mol. The fourth-order valence-corrected chi connectivity index (χ4v) is 2.81. The molecule has 0 radical (unpaired) electrons. The van der Waals surface area contributed by atoms with Gasteiger partial charge in [0.2, 0.25) is 5.82 Å². The molecule has 2 aromatic heterocycles. The highest BCUT2D eigenvalue weighted by Gasteiger charge is 2.22. The van der Waals surface area contributed by atoms with Crippen LogP contribution in [0.5, 0.6) is 0 Å². The molecule has 0 fully saturated rings. The number of aromatic nitrogens is 2. The zero-order valence-corrected chi connectivity index (χ0v) is 11.3.